The number of nitrogens with zero attached hydrogens (tertiary/aromatic N) is 6. The molecule has 2 saturated heterocycles. The van der Waals surface area contributed by atoms with Crippen molar-refractivity contribution in [3.8, 4) is 33.6 Å². The van der Waals surface area contributed by atoms with Crippen molar-refractivity contribution in [3.05, 3.63) is 143 Å². The second kappa shape index (κ2) is 16.6. The summed E-state index contributed by atoms with van der Waals surface area (Å²) >= 11 is 0. The predicted molar refractivity (Wildman–Crippen MR) is 230 cm³/mol. The summed E-state index contributed by atoms with van der Waals surface area (Å²) in [4.78, 5) is 52.8. The fraction of sp³-hybridized carbons (Fsp3) is 0.333. The number of likely N-dealkylation sites (N-methyl/N-ethyl adjacent to an activating group) is 2. The zero-order chi connectivity index (χ0) is 40.5. The van der Waals surface area contributed by atoms with Crippen LogP contribution in [-0.4, -0.2) is 92.6 Å². The van der Waals surface area contributed by atoms with E-state index in [9.17, 15) is 9.59 Å². The summed E-state index contributed by atoms with van der Waals surface area (Å²) in [6.07, 6.45) is 7.45. The standard InChI is InChI=1S/C48H54N8O2/c1-31-27-35(39-29-49-45(51-39)41-19-13-25-55(41)47(57)43(53(3)4)33-15-9-7-10-16-33)21-23-37(31)38-24-22-36(28-32(38)2)40-30-50-46(52-40)42-20-14-26-56(42)48(58)44(54(5)6)34-17-11-8-12-18-34/h7-12,15-18,21-24,27-30,41-44H,13-14,19-20,25-26H2,1-6H3,(H,49,51)(H,50,52)/t41-,42-,43+,44+/m0/s1. The maximum Gasteiger partial charge on any atom is 0.245 e. The summed E-state index contributed by atoms with van der Waals surface area (Å²) in [5.74, 6) is 1.88. The van der Waals surface area contributed by atoms with Crippen molar-refractivity contribution in [2.45, 2.75) is 63.7 Å². The van der Waals surface area contributed by atoms with Crippen LogP contribution in [0.15, 0.2) is 109 Å². The van der Waals surface area contributed by atoms with Gasteiger partial charge in [0.25, 0.3) is 0 Å². The van der Waals surface area contributed by atoms with Crippen LogP contribution in [0.5, 0.6) is 0 Å². The summed E-state index contributed by atoms with van der Waals surface area (Å²) < 4.78 is 0. The van der Waals surface area contributed by atoms with Crippen molar-refractivity contribution >= 4 is 11.8 Å². The van der Waals surface area contributed by atoms with Gasteiger partial charge >= 0.3 is 0 Å². The highest BCUT2D eigenvalue weighted by atomic mass is 16.2. The third-order valence-electron chi connectivity index (χ3n) is 12.0. The molecule has 0 spiro atoms. The Kier molecular flexibility index (Phi) is 11.1. The molecule has 0 unspecified atom stereocenters. The first-order valence-electron chi connectivity index (χ1n) is 20.4. The molecule has 58 heavy (non-hydrogen) atoms. The molecular weight excluding hydrogens is 721 g/mol. The lowest BCUT2D eigenvalue weighted by Crippen LogP contribution is -2.40. The summed E-state index contributed by atoms with van der Waals surface area (Å²) in [5.41, 5.74) is 10.7. The zero-order valence-corrected chi connectivity index (χ0v) is 34.4. The van der Waals surface area contributed by atoms with Gasteiger partial charge < -0.3 is 19.8 Å². The maximum atomic E-state index is 14.0. The van der Waals surface area contributed by atoms with Gasteiger partial charge in [-0.2, -0.15) is 0 Å². The Morgan fingerprint density at radius 2 is 1.00 bits per heavy atom. The SMILES string of the molecule is Cc1cc(-c2cnc([C@@H]3CCCN3C(=O)[C@@H](c3ccccc3)N(C)C)[nH]2)ccc1-c1ccc(-c2cnc([C@@H]3CCCN3C(=O)[C@@H](c3ccccc3)N(C)C)[nH]2)cc1C. The van der Waals surface area contributed by atoms with E-state index in [4.69, 9.17) is 9.97 Å². The number of aryl methyl sites for hydroxylation is 2. The average Bonchev–Trinajstić information content (AvgIpc) is 4.06. The topological polar surface area (TPSA) is 104 Å². The van der Waals surface area contributed by atoms with Crippen LogP contribution in [-0.2, 0) is 9.59 Å². The minimum absolute atomic E-state index is 0.0884. The molecule has 10 heteroatoms. The summed E-state index contributed by atoms with van der Waals surface area (Å²) in [5, 5.41) is 0. The number of rotatable bonds is 11. The number of nitrogens with one attached hydrogen (secondary N) is 2. The van der Waals surface area contributed by atoms with Crippen molar-refractivity contribution in [2.24, 2.45) is 0 Å². The van der Waals surface area contributed by atoms with Crippen LogP contribution in [0.1, 0.15) is 83.8 Å². The summed E-state index contributed by atoms with van der Waals surface area (Å²) in [7, 11) is 7.86. The Labute approximate surface area is 341 Å². The summed E-state index contributed by atoms with van der Waals surface area (Å²) in [6, 6.07) is 32.3. The monoisotopic (exact) mass is 774 g/mol. The highest BCUT2D eigenvalue weighted by Gasteiger charge is 2.38. The second-order valence-corrected chi connectivity index (χ2v) is 16.4. The molecule has 298 valence electrons. The molecule has 2 amide bonds. The van der Waals surface area contributed by atoms with Gasteiger partial charge in [0.15, 0.2) is 0 Å². The minimum Gasteiger partial charge on any atom is -0.340 e. The van der Waals surface area contributed by atoms with Crippen LogP contribution in [0.3, 0.4) is 0 Å². The Morgan fingerprint density at radius 1 is 0.603 bits per heavy atom. The highest BCUT2D eigenvalue weighted by Crippen LogP contribution is 2.38. The molecule has 0 radical (unpaired) electrons. The zero-order valence-electron chi connectivity index (χ0n) is 34.4. The molecule has 0 aliphatic carbocycles. The maximum absolute atomic E-state index is 14.0. The number of carbonyl (C=O) groups is 2. The molecule has 0 saturated carbocycles. The molecule has 2 fully saturated rings. The number of benzene rings is 4. The second-order valence-electron chi connectivity index (χ2n) is 16.4. The molecule has 2 N–H and O–H groups in total. The van der Waals surface area contributed by atoms with Crippen LogP contribution in [0.2, 0.25) is 0 Å². The van der Waals surface area contributed by atoms with E-state index < -0.39 is 0 Å². The van der Waals surface area contributed by atoms with E-state index in [1.165, 1.54) is 22.3 Å². The van der Waals surface area contributed by atoms with Crippen molar-refractivity contribution < 1.29 is 9.59 Å². The van der Waals surface area contributed by atoms with Crippen LogP contribution in [0.25, 0.3) is 33.6 Å². The molecule has 2 aliphatic rings. The Bertz CT molecular complexity index is 2220. The number of aromatic nitrogens is 4. The van der Waals surface area contributed by atoms with E-state index in [1.807, 2.05) is 121 Å². The Balaban J connectivity index is 0.969. The third kappa shape index (κ3) is 7.62. The van der Waals surface area contributed by atoms with Gasteiger partial charge in [-0.05, 0) is 124 Å². The fourth-order valence-electron chi connectivity index (χ4n) is 9.11. The average molecular weight is 775 g/mol. The lowest BCUT2D eigenvalue weighted by molar-refractivity contribution is -0.138. The largest absolute Gasteiger partial charge is 0.340 e. The normalized spacial score (nSPS) is 18.0. The lowest BCUT2D eigenvalue weighted by Gasteiger charge is -2.31. The van der Waals surface area contributed by atoms with E-state index in [1.54, 1.807) is 0 Å². The first kappa shape index (κ1) is 39.0. The molecule has 10 nitrogen and oxygen atoms in total. The van der Waals surface area contributed by atoms with E-state index in [-0.39, 0.29) is 36.0 Å². The molecule has 4 atom stereocenters. The van der Waals surface area contributed by atoms with Gasteiger partial charge in [0.05, 0.1) is 35.9 Å². The number of aromatic amines is 2. The number of hydrogen-bond donors (Lipinski definition) is 2. The number of H-pyrrole nitrogens is 2. The van der Waals surface area contributed by atoms with E-state index >= 15 is 0 Å². The van der Waals surface area contributed by atoms with Gasteiger partial charge in [-0.1, -0.05) is 84.9 Å². The molecule has 0 bridgehead atoms. The van der Waals surface area contributed by atoms with Gasteiger partial charge in [0.2, 0.25) is 11.8 Å². The highest BCUT2D eigenvalue weighted by molar-refractivity contribution is 5.85. The summed E-state index contributed by atoms with van der Waals surface area (Å²) in [6.45, 7) is 5.74. The molecule has 8 rings (SSSR count). The van der Waals surface area contributed by atoms with Gasteiger partial charge in [0.1, 0.15) is 23.7 Å². The first-order valence-corrected chi connectivity index (χ1v) is 20.4. The molecule has 6 aromatic rings. The lowest BCUT2D eigenvalue weighted by atomic mass is 9.93. The molecule has 2 aromatic heterocycles. The third-order valence-corrected chi connectivity index (χ3v) is 12.0. The molecule has 4 aromatic carbocycles. The van der Waals surface area contributed by atoms with Crippen LogP contribution in [0.4, 0.5) is 0 Å². The van der Waals surface area contributed by atoms with E-state index in [2.05, 4.69) is 60.2 Å². The number of hydrogen-bond acceptors (Lipinski definition) is 6. The number of imidazole rings is 2. The minimum atomic E-state index is -0.345. The fourth-order valence-corrected chi connectivity index (χ4v) is 9.11. The van der Waals surface area contributed by atoms with Gasteiger partial charge in [0, 0.05) is 13.1 Å². The van der Waals surface area contributed by atoms with E-state index in [0.717, 1.165) is 84.1 Å². The molecule has 2 aliphatic heterocycles. The van der Waals surface area contributed by atoms with Crippen molar-refractivity contribution in [2.75, 3.05) is 41.3 Å². The molecule has 4 heterocycles. The Morgan fingerprint density at radius 3 is 1.36 bits per heavy atom. The number of likely N-dealkylation sites (tertiary alicyclic amines) is 2. The molecular formula is C48H54N8O2. The smallest absolute Gasteiger partial charge is 0.245 e. The van der Waals surface area contributed by atoms with Crippen molar-refractivity contribution in [3.63, 3.8) is 0 Å². The van der Waals surface area contributed by atoms with Crippen LogP contribution in [0, 0.1) is 13.8 Å². The Hall–Kier alpha value is -5.84. The van der Waals surface area contributed by atoms with Gasteiger partial charge in [-0.25, -0.2) is 9.97 Å². The predicted octanol–water partition coefficient (Wildman–Crippen LogP) is 8.68. The van der Waals surface area contributed by atoms with Crippen LogP contribution >= 0.6 is 0 Å². The number of carbonyl (C=O) groups excluding carboxylic acids is 2. The quantitative estimate of drug-likeness (QED) is 0.137. The van der Waals surface area contributed by atoms with Crippen molar-refractivity contribution in [1.29, 1.82) is 0 Å². The van der Waals surface area contributed by atoms with E-state index in [0.29, 0.717) is 0 Å². The first-order chi connectivity index (χ1) is 28.1. The van der Waals surface area contributed by atoms with Crippen molar-refractivity contribution in [1.82, 2.24) is 39.5 Å². The number of amides is 2. The van der Waals surface area contributed by atoms with Gasteiger partial charge in [-0.15, -0.1) is 0 Å². The van der Waals surface area contributed by atoms with Crippen LogP contribution < -0.4 is 0 Å². The van der Waals surface area contributed by atoms with Gasteiger partial charge in [-0.3, -0.25) is 19.4 Å².